The summed E-state index contributed by atoms with van der Waals surface area (Å²) in [4.78, 5) is 15.3. The lowest BCUT2D eigenvalue weighted by molar-refractivity contribution is 0.100. The molecule has 4 nitrogen and oxygen atoms in total. The van der Waals surface area contributed by atoms with Crippen molar-refractivity contribution < 1.29 is 4.79 Å². The van der Waals surface area contributed by atoms with Crippen LogP contribution >= 0.6 is 11.3 Å². The standard InChI is InChI=1S/C13H15N3OS/c1-9-8-18-12(16-9)7-15-6-10-2-4-11(5-3-10)13(14)17/h2-5,8,15H,6-7H2,1H3,(H2,14,17). The second kappa shape index (κ2) is 5.75. The van der Waals surface area contributed by atoms with Crippen LogP contribution < -0.4 is 11.1 Å². The minimum atomic E-state index is -0.396. The number of primary amides is 1. The maximum absolute atomic E-state index is 10.9. The highest BCUT2D eigenvalue weighted by Gasteiger charge is 2.01. The summed E-state index contributed by atoms with van der Waals surface area (Å²) < 4.78 is 0. The number of nitrogens with two attached hydrogens (primary N) is 1. The minimum Gasteiger partial charge on any atom is -0.366 e. The molecule has 0 aliphatic heterocycles. The van der Waals surface area contributed by atoms with Gasteiger partial charge in [-0.1, -0.05) is 12.1 Å². The normalized spacial score (nSPS) is 10.5. The Morgan fingerprint density at radius 3 is 2.61 bits per heavy atom. The summed E-state index contributed by atoms with van der Waals surface area (Å²) in [5, 5.41) is 6.44. The van der Waals surface area contributed by atoms with Gasteiger partial charge in [0.1, 0.15) is 5.01 Å². The molecule has 0 atom stereocenters. The first-order chi connectivity index (χ1) is 8.65. The Morgan fingerprint density at radius 1 is 1.33 bits per heavy atom. The van der Waals surface area contributed by atoms with E-state index in [0.717, 1.165) is 29.4 Å². The third-order valence-electron chi connectivity index (χ3n) is 2.51. The number of nitrogens with one attached hydrogen (secondary N) is 1. The Labute approximate surface area is 110 Å². The van der Waals surface area contributed by atoms with Crippen molar-refractivity contribution in [1.82, 2.24) is 10.3 Å². The maximum atomic E-state index is 10.9. The number of carbonyl (C=O) groups is 1. The fourth-order valence-electron chi connectivity index (χ4n) is 1.58. The molecule has 2 aromatic rings. The average Bonchev–Trinajstić information content (AvgIpc) is 2.76. The Hall–Kier alpha value is -1.72. The number of benzene rings is 1. The number of aromatic nitrogens is 1. The summed E-state index contributed by atoms with van der Waals surface area (Å²) in [6.45, 7) is 3.50. The topological polar surface area (TPSA) is 68.0 Å². The van der Waals surface area contributed by atoms with E-state index in [0.29, 0.717) is 5.56 Å². The van der Waals surface area contributed by atoms with E-state index >= 15 is 0 Å². The molecule has 1 aromatic carbocycles. The van der Waals surface area contributed by atoms with Crippen LogP contribution in [0.15, 0.2) is 29.6 Å². The molecule has 1 heterocycles. The van der Waals surface area contributed by atoms with Crippen molar-refractivity contribution in [3.63, 3.8) is 0 Å². The summed E-state index contributed by atoms with van der Waals surface area (Å²) in [5.74, 6) is -0.396. The number of rotatable bonds is 5. The molecular weight excluding hydrogens is 246 g/mol. The van der Waals surface area contributed by atoms with Gasteiger partial charge >= 0.3 is 0 Å². The fraction of sp³-hybridized carbons (Fsp3) is 0.231. The second-order valence-corrected chi connectivity index (χ2v) is 4.99. The molecule has 1 aromatic heterocycles. The second-order valence-electron chi connectivity index (χ2n) is 4.05. The third kappa shape index (κ3) is 3.38. The average molecular weight is 261 g/mol. The van der Waals surface area contributed by atoms with E-state index in [4.69, 9.17) is 5.73 Å². The highest BCUT2D eigenvalue weighted by atomic mass is 32.1. The molecule has 2 rings (SSSR count). The van der Waals surface area contributed by atoms with E-state index in [-0.39, 0.29) is 0 Å². The van der Waals surface area contributed by atoms with Gasteiger partial charge in [-0.25, -0.2) is 4.98 Å². The first-order valence-electron chi connectivity index (χ1n) is 5.65. The lowest BCUT2D eigenvalue weighted by Crippen LogP contribution is -2.13. The van der Waals surface area contributed by atoms with Gasteiger partial charge in [-0.3, -0.25) is 4.79 Å². The molecule has 5 heteroatoms. The van der Waals surface area contributed by atoms with Crippen molar-refractivity contribution >= 4 is 17.2 Å². The SMILES string of the molecule is Cc1csc(CNCc2ccc(C(N)=O)cc2)n1. The van der Waals surface area contributed by atoms with E-state index in [1.807, 2.05) is 24.4 Å². The molecule has 18 heavy (non-hydrogen) atoms. The van der Waals surface area contributed by atoms with Crippen LogP contribution in [0.25, 0.3) is 0 Å². The summed E-state index contributed by atoms with van der Waals surface area (Å²) in [5.41, 5.74) is 7.89. The quantitative estimate of drug-likeness (QED) is 0.863. The number of hydrogen-bond donors (Lipinski definition) is 2. The molecule has 0 unspecified atom stereocenters. The number of amides is 1. The number of thiazole rings is 1. The summed E-state index contributed by atoms with van der Waals surface area (Å²) in [7, 11) is 0. The summed E-state index contributed by atoms with van der Waals surface area (Å²) in [6.07, 6.45) is 0. The first kappa shape index (κ1) is 12.7. The molecule has 0 bridgehead atoms. The van der Waals surface area contributed by atoms with Gasteiger partial charge in [-0.05, 0) is 24.6 Å². The Balaban J connectivity index is 1.85. The van der Waals surface area contributed by atoms with Crippen molar-refractivity contribution in [2.45, 2.75) is 20.0 Å². The molecule has 0 fully saturated rings. The van der Waals surface area contributed by atoms with Crippen molar-refractivity contribution in [1.29, 1.82) is 0 Å². The summed E-state index contributed by atoms with van der Waals surface area (Å²) >= 11 is 1.66. The largest absolute Gasteiger partial charge is 0.366 e. The van der Waals surface area contributed by atoms with Crippen molar-refractivity contribution in [2.24, 2.45) is 5.73 Å². The molecule has 1 amide bonds. The highest BCUT2D eigenvalue weighted by molar-refractivity contribution is 7.09. The van der Waals surface area contributed by atoms with E-state index in [1.165, 1.54) is 0 Å². The van der Waals surface area contributed by atoms with Gasteiger partial charge in [0, 0.05) is 29.7 Å². The zero-order valence-corrected chi connectivity index (χ0v) is 11.0. The Kier molecular flexibility index (Phi) is 4.07. The van der Waals surface area contributed by atoms with Crippen LogP contribution in [0.1, 0.15) is 26.6 Å². The van der Waals surface area contributed by atoms with E-state index in [1.54, 1.807) is 23.5 Å². The molecule has 94 valence electrons. The molecule has 0 saturated heterocycles. The van der Waals surface area contributed by atoms with Gasteiger partial charge in [-0.15, -0.1) is 11.3 Å². The smallest absolute Gasteiger partial charge is 0.248 e. The Morgan fingerprint density at radius 2 is 2.06 bits per heavy atom. The molecule has 3 N–H and O–H groups in total. The molecule has 0 saturated carbocycles. The van der Waals surface area contributed by atoms with Crippen LogP contribution in [0, 0.1) is 6.92 Å². The third-order valence-corrected chi connectivity index (χ3v) is 3.48. The van der Waals surface area contributed by atoms with Crippen molar-refractivity contribution in [3.8, 4) is 0 Å². The lowest BCUT2D eigenvalue weighted by Gasteiger charge is -2.03. The van der Waals surface area contributed by atoms with Crippen LogP contribution in [-0.2, 0) is 13.1 Å². The van der Waals surface area contributed by atoms with Gasteiger partial charge in [0.15, 0.2) is 0 Å². The predicted octanol–water partition coefficient (Wildman–Crippen LogP) is 1.84. The number of nitrogens with zero attached hydrogens (tertiary/aromatic N) is 1. The number of aryl methyl sites for hydroxylation is 1. The van der Waals surface area contributed by atoms with Crippen molar-refractivity contribution in [2.75, 3.05) is 0 Å². The van der Waals surface area contributed by atoms with Gasteiger partial charge in [-0.2, -0.15) is 0 Å². The van der Waals surface area contributed by atoms with Crippen LogP contribution in [0.3, 0.4) is 0 Å². The van der Waals surface area contributed by atoms with Crippen LogP contribution in [0.4, 0.5) is 0 Å². The maximum Gasteiger partial charge on any atom is 0.248 e. The van der Waals surface area contributed by atoms with Gasteiger partial charge in [0.2, 0.25) is 5.91 Å². The predicted molar refractivity (Wildman–Crippen MR) is 72.4 cm³/mol. The van der Waals surface area contributed by atoms with Crippen molar-refractivity contribution in [3.05, 3.63) is 51.5 Å². The van der Waals surface area contributed by atoms with Gasteiger partial charge in [0.05, 0.1) is 0 Å². The van der Waals surface area contributed by atoms with Crippen LogP contribution in [0.2, 0.25) is 0 Å². The number of hydrogen-bond acceptors (Lipinski definition) is 4. The molecule has 0 aliphatic rings. The van der Waals surface area contributed by atoms with E-state index in [9.17, 15) is 4.79 Å². The molecular formula is C13H15N3OS. The first-order valence-corrected chi connectivity index (χ1v) is 6.53. The molecule has 0 aliphatic carbocycles. The Bertz CT molecular complexity index is 533. The van der Waals surface area contributed by atoms with Crippen LogP contribution in [0.5, 0.6) is 0 Å². The lowest BCUT2D eigenvalue weighted by atomic mass is 10.1. The molecule has 0 spiro atoms. The van der Waals surface area contributed by atoms with E-state index < -0.39 is 5.91 Å². The fourth-order valence-corrected chi connectivity index (χ4v) is 2.33. The number of carbonyl (C=O) groups excluding carboxylic acids is 1. The van der Waals surface area contributed by atoms with Crippen LogP contribution in [-0.4, -0.2) is 10.9 Å². The zero-order chi connectivity index (χ0) is 13.0. The summed E-state index contributed by atoms with van der Waals surface area (Å²) in [6, 6.07) is 7.29. The van der Waals surface area contributed by atoms with E-state index in [2.05, 4.69) is 10.3 Å². The van der Waals surface area contributed by atoms with Gasteiger partial charge in [0.25, 0.3) is 0 Å². The zero-order valence-electron chi connectivity index (χ0n) is 10.1. The monoisotopic (exact) mass is 261 g/mol. The minimum absolute atomic E-state index is 0.396. The highest BCUT2D eigenvalue weighted by Crippen LogP contribution is 2.09. The van der Waals surface area contributed by atoms with Gasteiger partial charge < -0.3 is 11.1 Å². The molecule has 0 radical (unpaired) electrons.